The number of aryl methyl sites for hydroxylation is 1. The lowest BCUT2D eigenvalue weighted by Crippen LogP contribution is -2.09. The molecule has 0 unspecified atom stereocenters. The normalized spacial score (nSPS) is 12.0. The number of aromatic nitrogens is 2. The highest BCUT2D eigenvalue weighted by Crippen LogP contribution is 2.54. The third-order valence-electron chi connectivity index (χ3n) is 14.4. The summed E-state index contributed by atoms with van der Waals surface area (Å²) in [5.74, 6) is 0. The van der Waals surface area contributed by atoms with Gasteiger partial charge >= 0.3 is 0 Å². The summed E-state index contributed by atoms with van der Waals surface area (Å²) < 4.78 is 25.5. The van der Waals surface area contributed by atoms with Crippen molar-refractivity contribution < 1.29 is 13.3 Å². The van der Waals surface area contributed by atoms with Crippen molar-refractivity contribution in [1.82, 2.24) is 9.13 Å². The molecule has 10 aromatic carbocycles. The number of furan rings is 3. The number of nitriles is 1. The molecule has 70 heavy (non-hydrogen) atoms. The van der Waals surface area contributed by atoms with Gasteiger partial charge in [0.05, 0.1) is 45.6 Å². The number of nitrogens with zero attached hydrogens (tertiary/aromatic N) is 4. The molecule has 0 aliphatic rings. The highest BCUT2D eigenvalue weighted by atomic mass is 16.3. The minimum atomic E-state index is 0.315. The van der Waals surface area contributed by atoms with E-state index in [1.807, 2.05) is 97.1 Å². The minimum Gasteiger partial charge on any atom is -0.454 e. The van der Waals surface area contributed by atoms with E-state index in [4.69, 9.17) is 13.3 Å². The quantitative estimate of drug-likeness (QED) is 0.165. The Bertz CT molecular complexity index is 4730. The van der Waals surface area contributed by atoms with Gasteiger partial charge < -0.3 is 22.4 Å². The second-order valence-electron chi connectivity index (χ2n) is 18.1. The molecule has 0 saturated heterocycles. The summed E-state index contributed by atoms with van der Waals surface area (Å²) in [5, 5.41) is 21.7. The largest absolute Gasteiger partial charge is 0.454 e. The van der Waals surface area contributed by atoms with E-state index in [1.165, 1.54) is 0 Å². The fraction of sp³-hybridized carbons (Fsp3) is 0.0159. The van der Waals surface area contributed by atoms with Gasteiger partial charge in [-0.3, -0.25) is 0 Å². The van der Waals surface area contributed by atoms with Crippen molar-refractivity contribution in [3.8, 4) is 39.7 Å². The zero-order chi connectivity index (χ0) is 46.4. The van der Waals surface area contributed by atoms with E-state index in [0.29, 0.717) is 50.5 Å². The first-order valence-electron chi connectivity index (χ1n) is 23.3. The monoisotopic (exact) mass is 894 g/mol. The van der Waals surface area contributed by atoms with Gasteiger partial charge in [-0.1, -0.05) is 145 Å². The molecule has 0 atom stereocenters. The predicted molar refractivity (Wildman–Crippen MR) is 284 cm³/mol. The van der Waals surface area contributed by atoms with Crippen molar-refractivity contribution in [3.63, 3.8) is 0 Å². The van der Waals surface area contributed by atoms with E-state index in [2.05, 4.69) is 118 Å². The standard InChI is InChI=1S/C63H34N4O3/c1-35-25-32-52-47(33-35)46-31-26-41-38-19-9-12-22-49(38)66(57(41)63(46)70-52)56-48(34-64)53(36-15-5-3-6-16-36)55(65-2)60(54(56)37-17-7-4-8-18-37)67-58-42(27-29-44-39-20-10-13-23-50(39)68-61(44)58)43-28-30-45-40-21-11-14-24-51(40)69-62(45)59(43)67/h3-33H,1H3. The lowest BCUT2D eigenvalue weighted by Gasteiger charge is -2.25. The molecule has 0 radical (unpaired) electrons. The molecule has 324 valence electrons. The Morgan fingerprint density at radius 3 is 1.46 bits per heavy atom. The number of benzene rings is 10. The number of hydrogen-bond acceptors (Lipinski definition) is 4. The van der Waals surface area contributed by atoms with Gasteiger partial charge in [-0.2, -0.15) is 5.26 Å². The van der Waals surface area contributed by atoms with Crippen LogP contribution in [0.4, 0.5) is 5.69 Å². The molecule has 15 rings (SSSR count). The van der Waals surface area contributed by atoms with Crippen molar-refractivity contribution in [3.05, 3.63) is 211 Å². The van der Waals surface area contributed by atoms with E-state index in [9.17, 15) is 11.8 Å². The lowest BCUT2D eigenvalue weighted by atomic mass is 9.88. The van der Waals surface area contributed by atoms with Gasteiger partial charge in [0, 0.05) is 65.0 Å². The molecule has 5 aromatic heterocycles. The van der Waals surface area contributed by atoms with Gasteiger partial charge in [-0.15, -0.1) is 0 Å². The van der Waals surface area contributed by atoms with E-state index in [-0.39, 0.29) is 0 Å². The molecule has 0 aliphatic carbocycles. The third kappa shape index (κ3) is 4.99. The Balaban J connectivity index is 1.26. The Morgan fingerprint density at radius 1 is 0.429 bits per heavy atom. The SMILES string of the molecule is [C-]#[N+]c1c(-c2ccccc2)c(C#N)c(-n2c3ccccc3c3ccc4c5cc(C)ccc5oc4c32)c(-c2ccccc2)c1-n1c2c(ccc3c4ccccc4oc32)c2ccc3c4ccccc4oc3c21. The topological polar surface area (TPSA) is 77.4 Å². The first kappa shape index (κ1) is 38.3. The zero-order valence-electron chi connectivity index (χ0n) is 37.4. The maximum atomic E-state index is 12.0. The Hall–Kier alpha value is -9.82. The molecule has 0 bridgehead atoms. The molecule has 7 heteroatoms. The van der Waals surface area contributed by atoms with E-state index < -0.39 is 0 Å². The van der Waals surface area contributed by atoms with Crippen LogP contribution in [0, 0.1) is 24.8 Å². The number of fused-ring (bicyclic) bond motifs is 18. The van der Waals surface area contributed by atoms with Crippen molar-refractivity contribution in [2.45, 2.75) is 6.92 Å². The third-order valence-corrected chi connectivity index (χ3v) is 14.4. The molecule has 15 aromatic rings. The van der Waals surface area contributed by atoms with Gasteiger partial charge in [0.15, 0.2) is 16.7 Å². The summed E-state index contributed by atoms with van der Waals surface area (Å²) in [6, 6.07) is 66.6. The summed E-state index contributed by atoms with van der Waals surface area (Å²) in [6.45, 7) is 11.5. The Labute approximate surface area is 398 Å². The maximum Gasteiger partial charge on any atom is 0.220 e. The van der Waals surface area contributed by atoms with Crippen LogP contribution in [-0.2, 0) is 0 Å². The first-order chi connectivity index (χ1) is 34.6. The van der Waals surface area contributed by atoms with E-state index >= 15 is 0 Å². The van der Waals surface area contributed by atoms with Crippen LogP contribution in [0.3, 0.4) is 0 Å². The maximum absolute atomic E-state index is 12.0. The van der Waals surface area contributed by atoms with Gasteiger partial charge in [0.2, 0.25) is 5.69 Å². The van der Waals surface area contributed by atoms with Crippen molar-refractivity contribution in [1.29, 1.82) is 5.26 Å². The number of para-hydroxylation sites is 3. The minimum absolute atomic E-state index is 0.315. The summed E-state index contributed by atoms with van der Waals surface area (Å²) in [6.07, 6.45) is 0. The molecule has 0 N–H and O–H groups in total. The van der Waals surface area contributed by atoms with Gasteiger partial charge in [-0.05, 0) is 66.6 Å². The lowest BCUT2D eigenvalue weighted by molar-refractivity contribution is 0.669. The summed E-state index contributed by atoms with van der Waals surface area (Å²) in [7, 11) is 0. The first-order valence-corrected chi connectivity index (χ1v) is 23.3. The smallest absolute Gasteiger partial charge is 0.220 e. The zero-order valence-corrected chi connectivity index (χ0v) is 37.4. The summed E-state index contributed by atoms with van der Waals surface area (Å²) >= 11 is 0. The average Bonchev–Trinajstić information content (AvgIpc) is 4.23. The van der Waals surface area contributed by atoms with Crippen LogP contribution in [0.25, 0.3) is 148 Å². The van der Waals surface area contributed by atoms with Crippen LogP contribution in [0.2, 0.25) is 0 Å². The summed E-state index contributed by atoms with van der Waals surface area (Å²) in [4.78, 5) is 4.58. The van der Waals surface area contributed by atoms with Crippen LogP contribution in [-0.4, -0.2) is 9.13 Å². The van der Waals surface area contributed by atoms with Crippen LogP contribution in [0.1, 0.15) is 11.1 Å². The molecule has 7 nitrogen and oxygen atoms in total. The second-order valence-corrected chi connectivity index (χ2v) is 18.1. The molecule has 0 spiro atoms. The van der Waals surface area contributed by atoms with E-state index in [1.54, 1.807) is 0 Å². The molecule has 0 saturated carbocycles. The van der Waals surface area contributed by atoms with Gasteiger partial charge in [0.1, 0.15) is 22.8 Å². The van der Waals surface area contributed by atoms with Crippen LogP contribution in [0.5, 0.6) is 0 Å². The van der Waals surface area contributed by atoms with Crippen LogP contribution >= 0.6 is 0 Å². The van der Waals surface area contributed by atoms with Gasteiger partial charge in [0.25, 0.3) is 0 Å². The predicted octanol–water partition coefficient (Wildman–Crippen LogP) is 17.6. The van der Waals surface area contributed by atoms with Gasteiger partial charge in [-0.25, -0.2) is 4.85 Å². The van der Waals surface area contributed by atoms with Crippen molar-refractivity contribution in [2.75, 3.05) is 0 Å². The highest BCUT2D eigenvalue weighted by molar-refractivity contribution is 6.28. The second kappa shape index (κ2) is 14.1. The Kier molecular flexibility index (Phi) is 7.72. The molecule has 0 aliphatic heterocycles. The van der Waals surface area contributed by atoms with Crippen molar-refractivity contribution >= 4 is 115 Å². The van der Waals surface area contributed by atoms with Crippen LogP contribution < -0.4 is 0 Å². The molecule has 0 amide bonds. The fourth-order valence-electron chi connectivity index (χ4n) is 11.5. The molecular weight excluding hydrogens is 861 g/mol. The van der Waals surface area contributed by atoms with Crippen molar-refractivity contribution in [2.24, 2.45) is 0 Å². The highest BCUT2D eigenvalue weighted by Gasteiger charge is 2.34. The number of hydrogen-bond donors (Lipinski definition) is 0. The summed E-state index contributed by atoms with van der Waals surface area (Å²) in [5.41, 5.74) is 13.4. The molecule has 5 heterocycles. The molecular formula is C63H34N4O3. The van der Waals surface area contributed by atoms with E-state index in [0.717, 1.165) is 109 Å². The van der Waals surface area contributed by atoms with Crippen LogP contribution in [0.15, 0.2) is 201 Å². The fourth-order valence-corrected chi connectivity index (χ4v) is 11.5. The average molecular weight is 895 g/mol. The number of rotatable bonds is 4. The molecule has 0 fully saturated rings. The Morgan fingerprint density at radius 2 is 0.886 bits per heavy atom.